The first-order chi connectivity index (χ1) is 12.7. The number of anilines is 1. The number of nitrogens with one attached hydrogen (secondary N) is 3. The van der Waals surface area contributed by atoms with Gasteiger partial charge in [-0.1, -0.05) is 11.6 Å². The van der Waals surface area contributed by atoms with Crippen LogP contribution in [0.4, 0.5) is 10.7 Å². The fourth-order valence-corrected chi connectivity index (χ4v) is 2.81. The van der Waals surface area contributed by atoms with E-state index in [0.29, 0.717) is 29.8 Å². The van der Waals surface area contributed by atoms with E-state index in [9.17, 15) is 4.79 Å². The van der Waals surface area contributed by atoms with Crippen molar-refractivity contribution in [2.24, 2.45) is 0 Å². The number of carbonyl (C=O) groups is 1. The number of aromatic amines is 1. The first kappa shape index (κ1) is 16.3. The van der Waals surface area contributed by atoms with Gasteiger partial charge in [-0.2, -0.15) is 0 Å². The Kier molecular flexibility index (Phi) is 4.36. The van der Waals surface area contributed by atoms with Crippen molar-refractivity contribution in [3.05, 3.63) is 47.5 Å². The molecule has 0 aliphatic carbocycles. The first-order valence-electron chi connectivity index (χ1n) is 7.88. The van der Waals surface area contributed by atoms with Crippen molar-refractivity contribution in [2.75, 3.05) is 11.9 Å². The number of halogens is 1. The van der Waals surface area contributed by atoms with Gasteiger partial charge in [0.1, 0.15) is 10.9 Å². The Morgan fingerprint density at radius 1 is 1.31 bits per heavy atom. The molecule has 4 heterocycles. The zero-order valence-corrected chi connectivity index (χ0v) is 14.2. The topological polar surface area (TPSA) is 118 Å². The Morgan fingerprint density at radius 2 is 2.15 bits per heavy atom. The van der Waals surface area contributed by atoms with Crippen LogP contribution in [0.1, 0.15) is 18.0 Å². The first-order valence-corrected chi connectivity index (χ1v) is 8.25. The third-order valence-corrected chi connectivity index (χ3v) is 4.09. The van der Waals surface area contributed by atoms with E-state index in [2.05, 4.69) is 35.8 Å². The van der Waals surface area contributed by atoms with Crippen molar-refractivity contribution in [2.45, 2.75) is 12.5 Å². The number of hydrogen-bond donors (Lipinski definition) is 3. The summed E-state index contributed by atoms with van der Waals surface area (Å²) in [6.07, 6.45) is 5.54. The zero-order chi connectivity index (χ0) is 17.9. The van der Waals surface area contributed by atoms with Crippen LogP contribution in [0.3, 0.4) is 0 Å². The molecule has 2 amide bonds. The van der Waals surface area contributed by atoms with Gasteiger partial charge in [0.05, 0.1) is 12.6 Å². The summed E-state index contributed by atoms with van der Waals surface area (Å²) in [7, 11) is 0. The lowest BCUT2D eigenvalue weighted by molar-refractivity contribution is 0.232. The second-order valence-corrected chi connectivity index (χ2v) is 5.98. The van der Waals surface area contributed by atoms with Gasteiger partial charge >= 0.3 is 6.03 Å². The molecule has 1 aliphatic rings. The van der Waals surface area contributed by atoms with Crippen LogP contribution in [0.5, 0.6) is 5.75 Å². The molecule has 0 unspecified atom stereocenters. The molecule has 3 aromatic heterocycles. The average Bonchev–Trinajstić information content (AvgIpc) is 3.11. The quantitative estimate of drug-likeness (QED) is 0.609. The molecule has 0 fully saturated rings. The predicted octanol–water partition coefficient (Wildman–Crippen LogP) is 2.56. The summed E-state index contributed by atoms with van der Waals surface area (Å²) >= 11 is 5.88. The molecular formula is C16H14ClN7O2. The van der Waals surface area contributed by atoms with Crippen molar-refractivity contribution in [1.82, 2.24) is 30.5 Å². The van der Waals surface area contributed by atoms with E-state index in [1.54, 1.807) is 36.8 Å². The summed E-state index contributed by atoms with van der Waals surface area (Å²) in [4.78, 5) is 23.2. The molecule has 0 bridgehead atoms. The Labute approximate surface area is 153 Å². The van der Waals surface area contributed by atoms with Gasteiger partial charge in [-0.25, -0.2) is 9.78 Å². The van der Waals surface area contributed by atoms with Crippen molar-refractivity contribution < 1.29 is 9.53 Å². The molecule has 0 spiro atoms. The number of urea groups is 1. The van der Waals surface area contributed by atoms with E-state index in [1.165, 1.54) is 0 Å². The standard InChI is InChI=1S/C16H14ClN7O2/c17-13-7-12-10(8-19-13)11(3-6-26-12)20-16(25)22-15-21-14(23-24-15)9-1-4-18-5-2-9/h1-2,4-5,7-8,11H,3,6H2,(H3,20,21,22,23,24,25)/t11-/m1/s1. The second-order valence-electron chi connectivity index (χ2n) is 5.59. The molecule has 0 radical (unpaired) electrons. The monoisotopic (exact) mass is 371 g/mol. The van der Waals surface area contributed by atoms with Crippen LogP contribution in [-0.2, 0) is 0 Å². The fraction of sp³-hybridized carbons (Fsp3) is 0.188. The number of ether oxygens (including phenoxy) is 1. The highest BCUT2D eigenvalue weighted by Gasteiger charge is 2.24. The van der Waals surface area contributed by atoms with Gasteiger partial charge < -0.3 is 15.0 Å². The molecule has 3 aromatic rings. The number of hydrogen-bond acceptors (Lipinski definition) is 6. The molecule has 10 heteroatoms. The van der Waals surface area contributed by atoms with E-state index in [1.807, 2.05) is 0 Å². The molecule has 3 N–H and O–H groups in total. The van der Waals surface area contributed by atoms with Crippen molar-refractivity contribution >= 4 is 23.6 Å². The number of carbonyl (C=O) groups excluding carboxylic acids is 1. The van der Waals surface area contributed by atoms with Crippen LogP contribution in [0.2, 0.25) is 5.15 Å². The van der Waals surface area contributed by atoms with E-state index in [4.69, 9.17) is 16.3 Å². The van der Waals surface area contributed by atoms with Gasteiger partial charge in [-0.3, -0.25) is 10.3 Å². The lowest BCUT2D eigenvalue weighted by Gasteiger charge is -2.26. The molecule has 0 aromatic carbocycles. The van der Waals surface area contributed by atoms with Gasteiger partial charge in [-0.15, -0.1) is 10.2 Å². The lowest BCUT2D eigenvalue weighted by atomic mass is 10.0. The summed E-state index contributed by atoms with van der Waals surface area (Å²) in [6.45, 7) is 0.479. The number of H-pyrrole nitrogens is 1. The van der Waals surface area contributed by atoms with E-state index >= 15 is 0 Å². The highest BCUT2D eigenvalue weighted by Crippen LogP contribution is 2.32. The molecule has 4 rings (SSSR count). The highest BCUT2D eigenvalue weighted by molar-refractivity contribution is 6.29. The van der Waals surface area contributed by atoms with Crippen LogP contribution in [-0.4, -0.2) is 37.8 Å². The van der Waals surface area contributed by atoms with Crippen molar-refractivity contribution in [1.29, 1.82) is 0 Å². The minimum atomic E-state index is -0.407. The molecular weight excluding hydrogens is 358 g/mol. The van der Waals surface area contributed by atoms with Crippen LogP contribution < -0.4 is 15.4 Å². The van der Waals surface area contributed by atoms with Gasteiger partial charge in [0.2, 0.25) is 5.95 Å². The van der Waals surface area contributed by atoms with E-state index in [-0.39, 0.29) is 12.0 Å². The number of nitrogens with zero attached hydrogens (tertiary/aromatic N) is 4. The van der Waals surface area contributed by atoms with Crippen LogP contribution >= 0.6 is 11.6 Å². The maximum Gasteiger partial charge on any atom is 0.322 e. The van der Waals surface area contributed by atoms with Crippen LogP contribution in [0.25, 0.3) is 11.4 Å². The second kappa shape index (κ2) is 6.96. The number of amides is 2. The molecule has 9 nitrogen and oxygen atoms in total. The predicted molar refractivity (Wildman–Crippen MR) is 93.9 cm³/mol. The Balaban J connectivity index is 1.43. The highest BCUT2D eigenvalue weighted by atomic mass is 35.5. The zero-order valence-electron chi connectivity index (χ0n) is 13.4. The summed E-state index contributed by atoms with van der Waals surface area (Å²) in [6, 6.07) is 4.59. The Hall–Kier alpha value is -3.20. The molecule has 132 valence electrons. The largest absolute Gasteiger partial charge is 0.493 e. The van der Waals surface area contributed by atoms with Crippen LogP contribution in [0, 0.1) is 0 Å². The van der Waals surface area contributed by atoms with E-state index < -0.39 is 6.03 Å². The normalized spacial score (nSPS) is 15.7. The molecule has 1 atom stereocenters. The minimum absolute atomic E-state index is 0.230. The summed E-state index contributed by atoms with van der Waals surface area (Å²) in [5.41, 5.74) is 1.60. The summed E-state index contributed by atoms with van der Waals surface area (Å²) < 4.78 is 5.56. The molecule has 0 saturated heterocycles. The number of rotatable bonds is 3. The lowest BCUT2D eigenvalue weighted by Crippen LogP contribution is -2.35. The smallest absolute Gasteiger partial charge is 0.322 e. The summed E-state index contributed by atoms with van der Waals surface area (Å²) in [5, 5.41) is 13.8. The molecule has 0 saturated carbocycles. The van der Waals surface area contributed by atoms with E-state index in [0.717, 1.165) is 11.1 Å². The van der Waals surface area contributed by atoms with Gasteiger partial charge in [0, 0.05) is 42.2 Å². The third kappa shape index (κ3) is 3.42. The van der Waals surface area contributed by atoms with Crippen LogP contribution in [0.15, 0.2) is 36.8 Å². The maximum atomic E-state index is 12.3. The molecule has 1 aliphatic heterocycles. The van der Waals surface area contributed by atoms with Gasteiger partial charge in [0.25, 0.3) is 0 Å². The van der Waals surface area contributed by atoms with Gasteiger partial charge in [0.15, 0.2) is 5.82 Å². The minimum Gasteiger partial charge on any atom is -0.493 e. The Bertz CT molecular complexity index is 931. The average molecular weight is 372 g/mol. The fourth-order valence-electron chi connectivity index (χ4n) is 2.66. The number of fused-ring (bicyclic) bond motifs is 1. The Morgan fingerprint density at radius 3 is 3.00 bits per heavy atom. The number of pyridine rings is 2. The maximum absolute atomic E-state index is 12.3. The van der Waals surface area contributed by atoms with Crippen molar-refractivity contribution in [3.8, 4) is 17.1 Å². The SMILES string of the molecule is O=C(Nc1nnc(-c2ccncc2)[nH]1)N[C@@H]1CCOc2cc(Cl)ncc21. The number of aromatic nitrogens is 5. The summed E-state index contributed by atoms with van der Waals surface area (Å²) in [5.74, 6) is 1.41. The third-order valence-electron chi connectivity index (χ3n) is 3.88. The van der Waals surface area contributed by atoms with Crippen molar-refractivity contribution in [3.63, 3.8) is 0 Å². The van der Waals surface area contributed by atoms with Gasteiger partial charge in [-0.05, 0) is 12.1 Å². The molecule has 26 heavy (non-hydrogen) atoms.